The summed E-state index contributed by atoms with van der Waals surface area (Å²) in [6, 6.07) is 8.23. The third-order valence-electron chi connectivity index (χ3n) is 5.47. The monoisotopic (exact) mass is 381 g/mol. The molecule has 1 amide bonds. The summed E-state index contributed by atoms with van der Waals surface area (Å²) in [5, 5.41) is 10.5. The summed E-state index contributed by atoms with van der Waals surface area (Å²) < 4.78 is 7.62. The number of rotatable bonds is 4. The normalized spacial score (nSPS) is 24.1. The maximum absolute atomic E-state index is 13.1. The number of piperidine rings is 1. The fraction of sp³-hybridized carbons (Fsp3) is 0.368. The molecule has 2 saturated heterocycles. The molecule has 27 heavy (non-hydrogen) atoms. The van der Waals surface area contributed by atoms with E-state index in [1.165, 1.54) is 11.3 Å². The topological polar surface area (TPSA) is 73.1 Å². The average molecular weight is 381 g/mol. The van der Waals surface area contributed by atoms with Gasteiger partial charge in [-0.3, -0.25) is 4.79 Å². The number of nitrogens with zero attached hydrogens (tertiary/aromatic N) is 5. The Balaban J connectivity index is 1.30. The van der Waals surface area contributed by atoms with Crippen LogP contribution in [0.5, 0.6) is 10.9 Å². The summed E-state index contributed by atoms with van der Waals surface area (Å²) in [6.45, 7) is 0. The fourth-order valence-electron chi connectivity index (χ4n) is 4.28. The number of carbonyl (C=O) groups is 1. The summed E-state index contributed by atoms with van der Waals surface area (Å²) >= 11 is 1.44. The first kappa shape index (κ1) is 16.4. The van der Waals surface area contributed by atoms with Gasteiger partial charge in [-0.1, -0.05) is 16.6 Å². The maximum atomic E-state index is 13.1. The molecule has 0 spiro atoms. The lowest BCUT2D eigenvalue weighted by molar-refractivity contribution is 0.0523. The summed E-state index contributed by atoms with van der Waals surface area (Å²) in [6.07, 6.45) is 9.35. The van der Waals surface area contributed by atoms with Crippen LogP contribution >= 0.6 is 11.3 Å². The zero-order chi connectivity index (χ0) is 18.2. The molecule has 3 aromatic rings. The molecule has 4 heterocycles. The lowest BCUT2D eigenvalue weighted by atomic mass is 9.96. The van der Waals surface area contributed by atoms with Gasteiger partial charge in [-0.05, 0) is 49.9 Å². The molecule has 2 unspecified atom stereocenters. The molecule has 1 aromatic carbocycles. The van der Waals surface area contributed by atoms with Crippen LogP contribution in [-0.2, 0) is 0 Å². The maximum Gasteiger partial charge on any atom is 0.278 e. The third kappa shape index (κ3) is 3.10. The van der Waals surface area contributed by atoms with Crippen molar-refractivity contribution >= 4 is 17.2 Å². The number of hydrogen-bond acceptors (Lipinski definition) is 6. The van der Waals surface area contributed by atoms with Crippen molar-refractivity contribution in [3.05, 3.63) is 53.8 Å². The van der Waals surface area contributed by atoms with Gasteiger partial charge in [-0.25, -0.2) is 9.67 Å². The molecule has 138 valence electrons. The smallest absolute Gasteiger partial charge is 0.278 e. The van der Waals surface area contributed by atoms with Gasteiger partial charge < -0.3 is 9.64 Å². The van der Waals surface area contributed by atoms with Gasteiger partial charge in [-0.15, -0.1) is 5.10 Å². The van der Waals surface area contributed by atoms with Crippen molar-refractivity contribution in [1.82, 2.24) is 24.9 Å². The molecular weight excluding hydrogens is 362 g/mol. The van der Waals surface area contributed by atoms with Crippen LogP contribution in [0, 0.1) is 0 Å². The Morgan fingerprint density at radius 3 is 2.48 bits per heavy atom. The van der Waals surface area contributed by atoms with Gasteiger partial charge in [0.1, 0.15) is 5.75 Å². The number of thiazole rings is 1. The number of carbonyl (C=O) groups excluding carboxylic acids is 1. The summed E-state index contributed by atoms with van der Waals surface area (Å²) in [4.78, 5) is 19.3. The van der Waals surface area contributed by atoms with Crippen molar-refractivity contribution in [3.63, 3.8) is 0 Å². The summed E-state index contributed by atoms with van der Waals surface area (Å²) in [5.74, 6) is 0.801. The second-order valence-electron chi connectivity index (χ2n) is 7.03. The molecule has 2 fully saturated rings. The quantitative estimate of drug-likeness (QED) is 0.691. The Hall–Kier alpha value is -2.74. The first-order chi connectivity index (χ1) is 13.3. The highest BCUT2D eigenvalue weighted by atomic mass is 32.1. The molecule has 0 N–H and O–H groups in total. The molecule has 5 rings (SSSR count). The van der Waals surface area contributed by atoms with E-state index >= 15 is 0 Å². The molecule has 0 saturated carbocycles. The highest BCUT2D eigenvalue weighted by molar-refractivity contribution is 7.11. The molecule has 0 radical (unpaired) electrons. The van der Waals surface area contributed by atoms with E-state index in [1.807, 2.05) is 40.5 Å². The van der Waals surface area contributed by atoms with Crippen LogP contribution in [0.3, 0.4) is 0 Å². The molecule has 2 aliphatic heterocycles. The largest absolute Gasteiger partial charge is 0.431 e. The van der Waals surface area contributed by atoms with Gasteiger partial charge in [0.2, 0.25) is 0 Å². The minimum atomic E-state index is 0.111. The highest BCUT2D eigenvalue weighted by Gasteiger charge is 2.44. The van der Waals surface area contributed by atoms with E-state index in [1.54, 1.807) is 12.4 Å². The molecule has 2 aromatic heterocycles. The molecular formula is C19H19N5O2S. The Bertz CT molecular complexity index is 896. The number of hydrogen-bond donors (Lipinski definition) is 0. The molecule has 2 atom stereocenters. The van der Waals surface area contributed by atoms with Crippen LogP contribution in [-0.4, -0.2) is 42.9 Å². The summed E-state index contributed by atoms with van der Waals surface area (Å²) in [5.41, 5.74) is 0.706. The van der Waals surface area contributed by atoms with Crippen molar-refractivity contribution in [2.45, 2.75) is 43.8 Å². The number of benzene rings is 1. The van der Waals surface area contributed by atoms with Crippen molar-refractivity contribution in [2.75, 3.05) is 0 Å². The standard InChI is InChI=1S/C19H19N5O2S/c25-18(13-1-5-17(6-2-13)26-19-20-8-10-27-19)24-14-3-4-15(24)12-16(11-14)23-9-7-21-22-23/h1-2,5-10,14-16H,3-4,11-12H2. The Labute approximate surface area is 160 Å². The van der Waals surface area contributed by atoms with Crippen LogP contribution in [0.2, 0.25) is 0 Å². The van der Waals surface area contributed by atoms with Crippen molar-refractivity contribution in [2.24, 2.45) is 0 Å². The minimum Gasteiger partial charge on any atom is -0.431 e. The van der Waals surface area contributed by atoms with Gasteiger partial charge in [-0.2, -0.15) is 0 Å². The molecule has 2 aliphatic rings. The van der Waals surface area contributed by atoms with Gasteiger partial charge >= 0.3 is 0 Å². The Morgan fingerprint density at radius 1 is 1.07 bits per heavy atom. The number of fused-ring (bicyclic) bond motifs is 2. The van der Waals surface area contributed by atoms with Crippen LogP contribution in [0.1, 0.15) is 42.1 Å². The van der Waals surface area contributed by atoms with Crippen LogP contribution in [0.4, 0.5) is 0 Å². The zero-order valence-electron chi connectivity index (χ0n) is 14.6. The van der Waals surface area contributed by atoms with Crippen molar-refractivity contribution in [1.29, 1.82) is 0 Å². The van der Waals surface area contributed by atoms with E-state index in [0.29, 0.717) is 22.5 Å². The van der Waals surface area contributed by atoms with Crippen molar-refractivity contribution in [3.8, 4) is 10.9 Å². The second kappa shape index (κ2) is 6.77. The van der Waals surface area contributed by atoms with Crippen LogP contribution in [0.15, 0.2) is 48.2 Å². The van der Waals surface area contributed by atoms with E-state index in [0.717, 1.165) is 25.7 Å². The highest BCUT2D eigenvalue weighted by Crippen LogP contribution is 2.41. The Kier molecular flexibility index (Phi) is 4.12. The first-order valence-corrected chi connectivity index (χ1v) is 10.0. The van der Waals surface area contributed by atoms with E-state index < -0.39 is 0 Å². The van der Waals surface area contributed by atoms with Gasteiger partial charge in [0.25, 0.3) is 11.1 Å². The van der Waals surface area contributed by atoms with Crippen molar-refractivity contribution < 1.29 is 9.53 Å². The van der Waals surface area contributed by atoms with Crippen LogP contribution < -0.4 is 4.74 Å². The zero-order valence-corrected chi connectivity index (χ0v) is 15.5. The number of aromatic nitrogens is 4. The first-order valence-electron chi connectivity index (χ1n) is 9.14. The van der Waals surface area contributed by atoms with E-state index in [2.05, 4.69) is 20.2 Å². The predicted octanol–water partition coefficient (Wildman–Crippen LogP) is 3.54. The van der Waals surface area contributed by atoms with E-state index in [9.17, 15) is 4.79 Å². The molecule has 7 nitrogen and oxygen atoms in total. The average Bonchev–Trinajstić information content (AvgIpc) is 3.44. The number of ether oxygens (including phenoxy) is 1. The summed E-state index contributed by atoms with van der Waals surface area (Å²) in [7, 11) is 0. The van der Waals surface area contributed by atoms with Crippen LogP contribution in [0.25, 0.3) is 0 Å². The predicted molar refractivity (Wildman–Crippen MR) is 99.9 cm³/mol. The lowest BCUT2D eigenvalue weighted by Gasteiger charge is -2.38. The molecule has 2 bridgehead atoms. The van der Waals surface area contributed by atoms with Gasteiger partial charge in [0, 0.05) is 35.4 Å². The van der Waals surface area contributed by atoms with E-state index in [-0.39, 0.29) is 18.0 Å². The molecule has 8 heteroatoms. The number of amides is 1. The SMILES string of the molecule is O=C(c1ccc(Oc2nccs2)cc1)N1C2CCC1CC(n1ccnn1)C2. The third-order valence-corrected chi connectivity index (χ3v) is 6.12. The Morgan fingerprint density at radius 2 is 1.85 bits per heavy atom. The fourth-order valence-corrected chi connectivity index (χ4v) is 4.79. The second-order valence-corrected chi connectivity index (χ2v) is 7.89. The minimum absolute atomic E-state index is 0.111. The molecule has 0 aliphatic carbocycles. The lowest BCUT2D eigenvalue weighted by Crippen LogP contribution is -2.47. The van der Waals surface area contributed by atoms with E-state index in [4.69, 9.17) is 4.74 Å². The van der Waals surface area contributed by atoms with Gasteiger partial charge in [0.15, 0.2) is 0 Å². The van der Waals surface area contributed by atoms with Gasteiger partial charge in [0.05, 0.1) is 12.2 Å².